The number of carbonyl (C=O) groups excluding carboxylic acids is 2. The molecule has 2 heterocycles. The minimum absolute atomic E-state index is 0.0860. The third-order valence-corrected chi connectivity index (χ3v) is 3.97. The molecule has 0 saturated carbocycles. The van der Waals surface area contributed by atoms with Gasteiger partial charge in [-0.3, -0.25) is 9.78 Å². The van der Waals surface area contributed by atoms with E-state index in [0.29, 0.717) is 28.0 Å². The number of halogens is 1. The Bertz CT molecular complexity index is 1030. The van der Waals surface area contributed by atoms with Gasteiger partial charge in [0.2, 0.25) is 5.76 Å². The highest BCUT2D eigenvalue weighted by atomic mass is 79.9. The van der Waals surface area contributed by atoms with Crippen molar-refractivity contribution in [2.45, 2.75) is 6.92 Å². The first-order valence-corrected chi connectivity index (χ1v) is 9.32. The fourth-order valence-corrected chi connectivity index (χ4v) is 2.63. The topological polar surface area (TPSA) is 103 Å². The van der Waals surface area contributed by atoms with Gasteiger partial charge in [-0.2, -0.15) is 5.10 Å². The molecule has 0 aliphatic carbocycles. The van der Waals surface area contributed by atoms with Gasteiger partial charge in [0.25, 0.3) is 5.91 Å². The molecule has 9 heteroatoms. The highest BCUT2D eigenvalue weighted by Crippen LogP contribution is 2.29. The van der Waals surface area contributed by atoms with E-state index in [-0.39, 0.29) is 11.5 Å². The molecule has 3 rings (SSSR count). The summed E-state index contributed by atoms with van der Waals surface area (Å²) in [6.45, 7) is 2.18. The zero-order valence-electron chi connectivity index (χ0n) is 15.3. The number of benzene rings is 1. The van der Waals surface area contributed by atoms with Crippen molar-refractivity contribution in [1.82, 2.24) is 10.4 Å². The van der Waals surface area contributed by atoms with E-state index in [2.05, 4.69) is 31.4 Å². The van der Waals surface area contributed by atoms with Gasteiger partial charge >= 0.3 is 5.97 Å². The van der Waals surface area contributed by atoms with Crippen LogP contribution in [0.2, 0.25) is 0 Å². The molecule has 0 radical (unpaired) electrons. The summed E-state index contributed by atoms with van der Waals surface area (Å²) in [6, 6.07) is 9.62. The van der Waals surface area contributed by atoms with Crippen molar-refractivity contribution in [1.29, 1.82) is 0 Å². The fraction of sp³-hybridized carbons (Fsp3) is 0.100. The van der Waals surface area contributed by atoms with Crippen LogP contribution in [0.1, 0.15) is 33.4 Å². The Morgan fingerprint density at radius 1 is 1.24 bits per heavy atom. The average molecular weight is 458 g/mol. The molecule has 3 aromatic rings. The van der Waals surface area contributed by atoms with E-state index >= 15 is 0 Å². The maximum absolute atomic E-state index is 12.1. The van der Waals surface area contributed by atoms with Crippen LogP contribution < -0.4 is 14.9 Å². The molecule has 29 heavy (non-hydrogen) atoms. The average Bonchev–Trinajstić information content (AvgIpc) is 3.25. The van der Waals surface area contributed by atoms with Crippen LogP contribution in [0.4, 0.5) is 0 Å². The zero-order valence-corrected chi connectivity index (χ0v) is 16.9. The summed E-state index contributed by atoms with van der Waals surface area (Å²) in [7, 11) is 0. The van der Waals surface area contributed by atoms with Gasteiger partial charge in [-0.1, -0.05) is 0 Å². The summed E-state index contributed by atoms with van der Waals surface area (Å²) >= 11 is 3.26. The van der Waals surface area contributed by atoms with Crippen LogP contribution in [-0.4, -0.2) is 29.7 Å². The summed E-state index contributed by atoms with van der Waals surface area (Å²) in [4.78, 5) is 28.1. The predicted octanol–water partition coefficient (Wildman–Crippen LogP) is 3.82. The van der Waals surface area contributed by atoms with Crippen molar-refractivity contribution >= 4 is 34.0 Å². The third kappa shape index (κ3) is 5.52. The number of hydrazone groups is 1. The van der Waals surface area contributed by atoms with Gasteiger partial charge in [-0.25, -0.2) is 10.2 Å². The Morgan fingerprint density at radius 3 is 2.83 bits per heavy atom. The molecular formula is C20H16BrN3O5. The largest absolute Gasteiger partial charge is 0.490 e. The van der Waals surface area contributed by atoms with Crippen LogP contribution in [0.5, 0.6) is 11.5 Å². The molecule has 148 valence electrons. The van der Waals surface area contributed by atoms with Gasteiger partial charge < -0.3 is 13.9 Å². The van der Waals surface area contributed by atoms with E-state index in [4.69, 9.17) is 13.9 Å². The summed E-state index contributed by atoms with van der Waals surface area (Å²) < 4.78 is 16.6. The Kier molecular flexibility index (Phi) is 6.75. The third-order valence-electron chi connectivity index (χ3n) is 3.54. The first-order chi connectivity index (χ1) is 14.1. The van der Waals surface area contributed by atoms with Crippen molar-refractivity contribution in [3.05, 3.63) is 76.4 Å². The predicted molar refractivity (Wildman–Crippen MR) is 108 cm³/mol. The van der Waals surface area contributed by atoms with E-state index in [0.717, 1.165) is 0 Å². The Hall–Kier alpha value is -3.46. The van der Waals surface area contributed by atoms with Crippen molar-refractivity contribution in [3.63, 3.8) is 0 Å². The maximum atomic E-state index is 12.1. The lowest BCUT2D eigenvalue weighted by Crippen LogP contribution is -2.17. The lowest BCUT2D eigenvalue weighted by atomic mass is 10.2. The molecule has 0 atom stereocenters. The fourth-order valence-electron chi connectivity index (χ4n) is 2.27. The van der Waals surface area contributed by atoms with Crippen LogP contribution in [0.25, 0.3) is 0 Å². The number of carbonyl (C=O) groups is 2. The first-order valence-electron chi connectivity index (χ1n) is 8.53. The molecule has 0 unspecified atom stereocenters. The van der Waals surface area contributed by atoms with Crippen molar-refractivity contribution in [2.75, 3.05) is 6.61 Å². The van der Waals surface area contributed by atoms with E-state index in [1.165, 1.54) is 24.7 Å². The molecule has 1 N–H and O–H groups in total. The van der Waals surface area contributed by atoms with Crippen LogP contribution in [0.15, 0.2) is 69.0 Å². The van der Waals surface area contributed by atoms with E-state index in [1.54, 1.807) is 36.5 Å². The van der Waals surface area contributed by atoms with Crippen LogP contribution in [0.3, 0.4) is 0 Å². The van der Waals surface area contributed by atoms with Gasteiger partial charge in [0, 0.05) is 16.9 Å². The lowest BCUT2D eigenvalue weighted by molar-refractivity contribution is 0.0695. The van der Waals surface area contributed by atoms with Crippen LogP contribution >= 0.6 is 15.9 Å². The second-order valence-corrected chi connectivity index (χ2v) is 6.51. The Labute approximate surface area is 174 Å². The van der Waals surface area contributed by atoms with E-state index in [1.807, 2.05) is 6.92 Å². The quantitative estimate of drug-likeness (QED) is 0.250. The Morgan fingerprint density at radius 2 is 2.10 bits per heavy atom. The minimum atomic E-state index is -0.632. The highest BCUT2D eigenvalue weighted by molar-refractivity contribution is 9.10. The van der Waals surface area contributed by atoms with Crippen molar-refractivity contribution in [2.24, 2.45) is 5.10 Å². The lowest BCUT2D eigenvalue weighted by Gasteiger charge is -2.10. The minimum Gasteiger partial charge on any atom is -0.490 e. The van der Waals surface area contributed by atoms with Gasteiger partial charge in [0.15, 0.2) is 11.5 Å². The number of esters is 1. The maximum Gasteiger partial charge on any atom is 0.379 e. The first kappa shape index (κ1) is 20.3. The summed E-state index contributed by atoms with van der Waals surface area (Å²) in [5.74, 6) is -0.340. The summed E-state index contributed by atoms with van der Waals surface area (Å²) in [5.41, 5.74) is 3.43. The number of hydrogen-bond acceptors (Lipinski definition) is 7. The number of amides is 1. The Balaban J connectivity index is 1.69. The monoisotopic (exact) mass is 457 g/mol. The molecule has 1 amide bonds. The smallest absolute Gasteiger partial charge is 0.379 e. The van der Waals surface area contributed by atoms with E-state index in [9.17, 15) is 9.59 Å². The van der Waals surface area contributed by atoms with Gasteiger partial charge in [0.05, 0.1) is 24.6 Å². The molecule has 1 aromatic carbocycles. The van der Waals surface area contributed by atoms with Crippen LogP contribution in [0, 0.1) is 0 Å². The SMILES string of the molecule is CCOc1cc(/C=N\NC(=O)c2cncc(Br)c2)ccc1OC(=O)c1ccco1. The number of nitrogens with zero attached hydrogens (tertiary/aromatic N) is 2. The normalized spacial score (nSPS) is 10.7. The number of pyridine rings is 1. The zero-order chi connectivity index (χ0) is 20.6. The molecule has 0 spiro atoms. The number of rotatable bonds is 7. The molecule has 0 bridgehead atoms. The van der Waals surface area contributed by atoms with Gasteiger partial charge in [0.1, 0.15) is 0 Å². The van der Waals surface area contributed by atoms with E-state index < -0.39 is 11.9 Å². The summed E-state index contributed by atoms with van der Waals surface area (Å²) in [5, 5.41) is 3.93. The molecule has 0 fully saturated rings. The van der Waals surface area contributed by atoms with Gasteiger partial charge in [-0.15, -0.1) is 0 Å². The second kappa shape index (κ2) is 9.65. The molecular weight excluding hydrogens is 442 g/mol. The van der Waals surface area contributed by atoms with Gasteiger partial charge in [-0.05, 0) is 64.8 Å². The highest BCUT2D eigenvalue weighted by Gasteiger charge is 2.15. The number of furan rings is 1. The standard InChI is InChI=1S/C20H16BrN3O5/c1-2-27-18-8-13(5-6-16(18)29-20(26)17-4-3-7-28-17)10-23-24-19(25)14-9-15(21)12-22-11-14/h3-12H,2H2,1H3,(H,24,25)/b23-10-. The molecule has 0 aliphatic heterocycles. The second-order valence-electron chi connectivity index (χ2n) is 5.60. The van der Waals surface area contributed by atoms with Crippen molar-refractivity contribution in [3.8, 4) is 11.5 Å². The molecule has 8 nitrogen and oxygen atoms in total. The number of ether oxygens (including phenoxy) is 2. The molecule has 0 saturated heterocycles. The molecule has 2 aromatic heterocycles. The van der Waals surface area contributed by atoms with Crippen LogP contribution in [-0.2, 0) is 0 Å². The summed E-state index contributed by atoms with van der Waals surface area (Å²) in [6.07, 6.45) is 5.85. The number of hydrogen-bond donors (Lipinski definition) is 1. The number of aromatic nitrogens is 1. The molecule has 0 aliphatic rings. The number of nitrogens with one attached hydrogen (secondary N) is 1. The van der Waals surface area contributed by atoms with Crippen molar-refractivity contribution < 1.29 is 23.5 Å².